The van der Waals surface area contributed by atoms with E-state index in [2.05, 4.69) is 27.8 Å². The molecular formula is C49H50F2N7O10PS. The molecule has 3 aromatic carbocycles. The summed E-state index contributed by atoms with van der Waals surface area (Å²) in [5.41, 5.74) is -3.72. The van der Waals surface area contributed by atoms with E-state index in [-0.39, 0.29) is 79.8 Å². The van der Waals surface area contributed by atoms with E-state index in [4.69, 9.17) is 0 Å². The number of rotatable bonds is 14. The normalized spacial score (nSPS) is 17.5. The summed E-state index contributed by atoms with van der Waals surface area (Å²) in [6.07, 6.45) is 1.91. The Hall–Kier alpha value is -6.83. The number of fused-ring (bicyclic) bond motifs is 2. The number of thiophene rings is 1. The van der Waals surface area contributed by atoms with Crippen LogP contribution in [0.1, 0.15) is 108 Å². The van der Waals surface area contributed by atoms with E-state index in [1.807, 2.05) is 6.07 Å². The molecule has 0 saturated carbocycles. The molecule has 3 aliphatic rings. The summed E-state index contributed by atoms with van der Waals surface area (Å²) >= 11 is 0.938. The predicted molar refractivity (Wildman–Crippen MR) is 253 cm³/mol. The fraction of sp³-hybridized carbons (Fsp3) is 0.388. The van der Waals surface area contributed by atoms with E-state index in [0.29, 0.717) is 51.9 Å². The van der Waals surface area contributed by atoms with Crippen LogP contribution in [-0.4, -0.2) is 98.7 Å². The molecule has 366 valence electrons. The van der Waals surface area contributed by atoms with Crippen molar-refractivity contribution in [3.05, 3.63) is 99.4 Å². The highest BCUT2D eigenvalue weighted by Crippen LogP contribution is 2.59. The van der Waals surface area contributed by atoms with Crippen LogP contribution in [-0.2, 0) is 40.7 Å². The number of alkyl halides is 2. The van der Waals surface area contributed by atoms with Gasteiger partial charge in [0.2, 0.25) is 29.5 Å². The summed E-state index contributed by atoms with van der Waals surface area (Å²) in [7, 11) is -5.84. The highest BCUT2D eigenvalue weighted by Gasteiger charge is 2.50. The largest absolute Gasteiger partial charge is 0.399 e. The van der Waals surface area contributed by atoms with Crippen molar-refractivity contribution in [3.63, 3.8) is 0 Å². The highest BCUT2D eigenvalue weighted by molar-refractivity contribution is 7.52. The quantitative estimate of drug-likeness (QED) is 0.0472. The molecule has 0 spiro atoms. The topological polar surface area (TPSA) is 247 Å². The van der Waals surface area contributed by atoms with Crippen molar-refractivity contribution >= 4 is 76.1 Å². The Kier molecular flexibility index (Phi) is 15.0. The number of halogens is 2. The molecule has 0 bridgehead atoms. The number of imide groups is 1. The van der Waals surface area contributed by atoms with Gasteiger partial charge in [-0.05, 0) is 96.6 Å². The summed E-state index contributed by atoms with van der Waals surface area (Å²) in [4.78, 5) is 116. The van der Waals surface area contributed by atoms with E-state index in [9.17, 15) is 62.0 Å². The van der Waals surface area contributed by atoms with Gasteiger partial charge >= 0.3 is 13.3 Å². The van der Waals surface area contributed by atoms with Crippen molar-refractivity contribution < 1.29 is 56.7 Å². The van der Waals surface area contributed by atoms with Gasteiger partial charge in [0.1, 0.15) is 18.1 Å². The van der Waals surface area contributed by atoms with Gasteiger partial charge in [-0.3, -0.25) is 43.4 Å². The molecule has 4 heterocycles. The summed E-state index contributed by atoms with van der Waals surface area (Å²) in [5.74, 6) is 2.97. The molecule has 1 aromatic heterocycles. The average molecular weight is 998 g/mol. The SMILES string of the molecule is CC(C)(C)[C@H](NC(=O)c1cc2cc(C(F)(F)P(=O)(O)O)ccc2s1)C(=O)N1CCC[C@H]1C(=O)N(CCC(=O)NCCCC#Cc1cccc2c1CN(C1CCC(=O)NC1=O)C2=O)c1ccc(C#N)cc1. The number of nitrogens with one attached hydrogen (secondary N) is 3. The molecule has 17 nitrogen and oxygen atoms in total. The van der Waals surface area contributed by atoms with Gasteiger partial charge in [0, 0.05) is 72.5 Å². The van der Waals surface area contributed by atoms with Gasteiger partial charge < -0.3 is 35.1 Å². The van der Waals surface area contributed by atoms with Crippen LogP contribution >= 0.6 is 18.9 Å². The first-order valence-electron chi connectivity index (χ1n) is 22.5. The van der Waals surface area contributed by atoms with Gasteiger partial charge in [-0.25, -0.2) is 0 Å². The van der Waals surface area contributed by atoms with Crippen molar-refractivity contribution in [2.45, 2.75) is 96.1 Å². The number of nitrogens with zero attached hydrogens (tertiary/aromatic N) is 4. The van der Waals surface area contributed by atoms with E-state index in [1.165, 1.54) is 39.0 Å². The number of benzene rings is 3. The molecular weight excluding hydrogens is 948 g/mol. The Morgan fingerprint density at radius 2 is 1.77 bits per heavy atom. The number of carbonyl (C=O) groups excluding carboxylic acids is 7. The molecule has 3 aliphatic heterocycles. The van der Waals surface area contributed by atoms with Crippen LogP contribution in [0.2, 0.25) is 0 Å². The number of likely N-dealkylation sites (tertiary alicyclic amines) is 1. The van der Waals surface area contributed by atoms with Crippen LogP contribution in [0.5, 0.6) is 0 Å². The molecule has 4 aromatic rings. The lowest BCUT2D eigenvalue weighted by atomic mass is 9.85. The summed E-state index contributed by atoms with van der Waals surface area (Å²) in [5, 5.41) is 17.5. The van der Waals surface area contributed by atoms with Gasteiger partial charge in [-0.15, -0.1) is 11.3 Å². The number of hydrogen-bond donors (Lipinski definition) is 5. The number of unbranched alkanes of at least 4 members (excludes halogenated alkanes) is 1. The zero-order chi connectivity index (χ0) is 50.7. The first-order valence-corrected chi connectivity index (χ1v) is 24.9. The number of nitriles is 1. The van der Waals surface area contributed by atoms with Crippen molar-refractivity contribution in [2.24, 2.45) is 5.41 Å². The third kappa shape index (κ3) is 11.0. The molecule has 1 unspecified atom stereocenters. The van der Waals surface area contributed by atoms with Crippen molar-refractivity contribution in [1.29, 1.82) is 5.26 Å². The lowest BCUT2D eigenvalue weighted by Crippen LogP contribution is -2.58. The predicted octanol–water partition coefficient (Wildman–Crippen LogP) is 5.27. The molecule has 7 amide bonds. The monoisotopic (exact) mass is 997 g/mol. The van der Waals surface area contributed by atoms with Gasteiger partial charge in [-0.2, -0.15) is 14.0 Å². The van der Waals surface area contributed by atoms with Gasteiger partial charge in [-0.1, -0.05) is 44.7 Å². The van der Waals surface area contributed by atoms with Gasteiger partial charge in [0.25, 0.3) is 11.8 Å². The standard InChI is InChI=1S/C49H50F2N7O10PS/c1-48(2,3)42(55-44(62)39-26-31-25-32(15-19-38(31)70-39)49(50,51)69(66,67)68)47(65)57-23-8-12-37(57)46(64)56(33-16-13-29(27-52)14-17-33)24-21-40(59)53-22-6-4-5-9-30-10-7-11-34-35(30)28-58(45(34)63)36-18-20-41(60)54-43(36)61/h7,10-11,13-17,19,25-26,36-37,42H,4,6,8,12,18,20-24,28H2,1-3H3,(H,53,59)(H,55,62)(H,54,60,61)(H2,66,67,68)/t36?,37-,42+/m0/s1. The third-order valence-corrected chi connectivity index (χ3v) is 14.5. The minimum absolute atomic E-state index is 0.0522. The maximum Gasteiger partial charge on any atom is 0.399 e. The number of carbonyl (C=O) groups is 7. The Morgan fingerprint density at radius 1 is 1.03 bits per heavy atom. The van der Waals surface area contributed by atoms with Crippen LogP contribution in [0.3, 0.4) is 0 Å². The van der Waals surface area contributed by atoms with Gasteiger partial charge in [0.05, 0.1) is 16.5 Å². The minimum Gasteiger partial charge on any atom is -0.356 e. The summed E-state index contributed by atoms with van der Waals surface area (Å²) in [6, 6.07) is 14.9. The lowest BCUT2D eigenvalue weighted by molar-refractivity contribution is -0.141. The second kappa shape index (κ2) is 20.6. The van der Waals surface area contributed by atoms with Crippen LogP contribution in [0.25, 0.3) is 10.1 Å². The zero-order valence-corrected chi connectivity index (χ0v) is 40.1. The third-order valence-electron chi connectivity index (χ3n) is 12.4. The highest BCUT2D eigenvalue weighted by atomic mass is 32.1. The molecule has 21 heteroatoms. The van der Waals surface area contributed by atoms with E-state index < -0.39 is 66.0 Å². The van der Waals surface area contributed by atoms with Crippen LogP contribution in [0, 0.1) is 28.6 Å². The Bertz CT molecular complexity index is 2930. The van der Waals surface area contributed by atoms with Crippen LogP contribution in [0.15, 0.2) is 66.7 Å². The zero-order valence-electron chi connectivity index (χ0n) is 38.4. The van der Waals surface area contributed by atoms with Crippen LogP contribution < -0.4 is 20.9 Å². The van der Waals surface area contributed by atoms with E-state index in [1.54, 1.807) is 51.1 Å². The maximum atomic E-state index is 14.5. The molecule has 0 radical (unpaired) electrons. The number of piperidine rings is 1. The average Bonchev–Trinajstić information content (AvgIpc) is 4.06. The summed E-state index contributed by atoms with van der Waals surface area (Å²) in [6.45, 7) is 5.77. The first kappa shape index (κ1) is 51.0. The lowest BCUT2D eigenvalue weighted by Gasteiger charge is -2.36. The maximum absolute atomic E-state index is 14.5. The number of hydrogen-bond acceptors (Lipinski definition) is 10. The molecule has 2 fully saturated rings. The Balaban J connectivity index is 0.976. The number of amides is 7. The number of anilines is 1. The van der Waals surface area contributed by atoms with E-state index in [0.717, 1.165) is 23.5 Å². The summed E-state index contributed by atoms with van der Waals surface area (Å²) < 4.78 is 40.9. The molecule has 7 rings (SSSR count). The Labute approximate surface area is 405 Å². The molecule has 0 aliphatic carbocycles. The smallest absolute Gasteiger partial charge is 0.356 e. The molecule has 70 heavy (non-hydrogen) atoms. The second-order valence-corrected chi connectivity index (χ2v) is 21.0. The fourth-order valence-electron chi connectivity index (χ4n) is 8.64. The fourth-order valence-corrected chi connectivity index (χ4v) is 10.1. The minimum atomic E-state index is -5.84. The van der Waals surface area contributed by atoms with Crippen LogP contribution in [0.4, 0.5) is 14.5 Å². The van der Waals surface area contributed by atoms with Crippen molar-refractivity contribution in [1.82, 2.24) is 25.8 Å². The molecule has 2 saturated heterocycles. The Morgan fingerprint density at radius 3 is 2.46 bits per heavy atom. The van der Waals surface area contributed by atoms with Gasteiger partial charge in [0.15, 0.2) is 0 Å². The first-order chi connectivity index (χ1) is 33.1. The van der Waals surface area contributed by atoms with Crippen molar-refractivity contribution in [2.75, 3.05) is 24.5 Å². The van der Waals surface area contributed by atoms with E-state index >= 15 is 0 Å². The second-order valence-electron chi connectivity index (χ2n) is 18.3. The molecule has 5 N–H and O–H groups in total. The molecule has 3 atom stereocenters. The van der Waals surface area contributed by atoms with Crippen molar-refractivity contribution in [3.8, 4) is 17.9 Å².